The molecule has 0 aliphatic heterocycles. The minimum absolute atomic E-state index is 0.0161. The van der Waals surface area contributed by atoms with Crippen LogP contribution in [-0.4, -0.2) is 11.0 Å². The van der Waals surface area contributed by atoms with E-state index in [1.165, 1.54) is 6.07 Å². The van der Waals surface area contributed by atoms with Crippen LogP contribution in [0.15, 0.2) is 54.6 Å². The number of phenolic OH excluding ortho intramolecular Hbond substituents is 1. The molecule has 0 atom stereocenters. The van der Waals surface area contributed by atoms with E-state index in [2.05, 4.69) is 0 Å². The Balaban J connectivity index is 1.82. The van der Waals surface area contributed by atoms with Crippen LogP contribution in [0.1, 0.15) is 32.6 Å². The Labute approximate surface area is 177 Å². The molecule has 3 aromatic carbocycles. The number of rotatable bonds is 6. The Morgan fingerprint density at radius 3 is 2.34 bits per heavy atom. The van der Waals surface area contributed by atoms with Gasteiger partial charge >= 0.3 is 0 Å². The van der Waals surface area contributed by atoms with Crippen LogP contribution in [0.2, 0.25) is 10.0 Å². The van der Waals surface area contributed by atoms with Crippen LogP contribution in [0, 0.1) is 11.3 Å². The summed E-state index contributed by atoms with van der Waals surface area (Å²) >= 11 is 12.0. The summed E-state index contributed by atoms with van der Waals surface area (Å²) in [6, 6.07) is 16.7. The number of carbonyl (C=O) groups excluding carboxylic acids is 1. The summed E-state index contributed by atoms with van der Waals surface area (Å²) in [5, 5.41) is 20.0. The zero-order valence-electron chi connectivity index (χ0n) is 15.2. The van der Waals surface area contributed by atoms with Crippen molar-refractivity contribution < 1.29 is 14.6 Å². The maximum Gasteiger partial charge on any atom is 0.249 e. The number of carbonyl (C=O) groups is 1. The zero-order valence-corrected chi connectivity index (χ0v) is 16.7. The van der Waals surface area contributed by atoms with E-state index in [1.54, 1.807) is 48.5 Å². The molecule has 1 amide bonds. The maximum absolute atomic E-state index is 11.9. The number of ether oxygens (including phenoxy) is 1. The number of phenols is 1. The van der Waals surface area contributed by atoms with Gasteiger partial charge in [-0.15, -0.1) is 0 Å². The first kappa shape index (κ1) is 20.5. The van der Waals surface area contributed by atoms with E-state index >= 15 is 0 Å². The van der Waals surface area contributed by atoms with Crippen molar-refractivity contribution in [2.75, 3.05) is 0 Å². The number of aromatic hydroxyl groups is 1. The molecule has 0 bridgehead atoms. The third kappa shape index (κ3) is 5.20. The smallest absolute Gasteiger partial charge is 0.249 e. The first-order chi connectivity index (χ1) is 13.9. The molecule has 0 saturated heterocycles. The van der Waals surface area contributed by atoms with Crippen molar-refractivity contribution in [2.24, 2.45) is 5.73 Å². The first-order valence-electron chi connectivity index (χ1n) is 8.58. The van der Waals surface area contributed by atoms with E-state index in [1.807, 2.05) is 6.07 Å². The average molecular weight is 427 g/mol. The van der Waals surface area contributed by atoms with Crippen molar-refractivity contribution in [1.82, 2.24) is 0 Å². The van der Waals surface area contributed by atoms with Crippen molar-refractivity contribution >= 4 is 29.1 Å². The lowest BCUT2D eigenvalue weighted by Gasteiger charge is -2.12. The second-order valence-corrected chi connectivity index (χ2v) is 7.25. The lowest BCUT2D eigenvalue weighted by molar-refractivity contribution is 0.0999. The topological polar surface area (TPSA) is 96.3 Å². The van der Waals surface area contributed by atoms with Gasteiger partial charge in [-0.2, -0.15) is 5.26 Å². The number of nitrogens with zero attached hydrogens (tertiary/aromatic N) is 1. The zero-order chi connectivity index (χ0) is 21.0. The predicted octanol–water partition coefficient (Wildman–Crippen LogP) is 4.84. The second-order valence-electron chi connectivity index (χ2n) is 6.38. The SMILES string of the molecule is N#Cc1ccc(Cc2ccc(OCc3cc(Cl)cc(Cl)c3)cc2C(N)=O)c(O)c1. The van der Waals surface area contributed by atoms with Crippen LogP contribution < -0.4 is 10.5 Å². The second kappa shape index (κ2) is 8.87. The van der Waals surface area contributed by atoms with E-state index < -0.39 is 5.91 Å². The van der Waals surface area contributed by atoms with Gasteiger partial charge < -0.3 is 15.6 Å². The Kier molecular flexibility index (Phi) is 6.28. The molecule has 7 heteroatoms. The monoisotopic (exact) mass is 426 g/mol. The van der Waals surface area contributed by atoms with Crippen molar-refractivity contribution in [1.29, 1.82) is 5.26 Å². The number of hydrogen-bond donors (Lipinski definition) is 2. The van der Waals surface area contributed by atoms with E-state index in [9.17, 15) is 9.90 Å². The van der Waals surface area contributed by atoms with Crippen molar-refractivity contribution in [3.05, 3.63) is 92.5 Å². The van der Waals surface area contributed by atoms with Gasteiger partial charge in [0.15, 0.2) is 0 Å². The lowest BCUT2D eigenvalue weighted by Crippen LogP contribution is -2.14. The molecule has 0 heterocycles. The summed E-state index contributed by atoms with van der Waals surface area (Å²) in [4.78, 5) is 11.9. The third-order valence-corrected chi connectivity index (χ3v) is 4.71. The molecule has 0 saturated carbocycles. The Hall–Kier alpha value is -3.20. The normalized spacial score (nSPS) is 10.4. The molecule has 3 rings (SSSR count). The molecular formula is C22H16Cl2N2O3. The fourth-order valence-electron chi connectivity index (χ4n) is 2.88. The van der Waals surface area contributed by atoms with Crippen LogP contribution in [0.25, 0.3) is 0 Å². The summed E-state index contributed by atoms with van der Waals surface area (Å²) in [6.07, 6.45) is 0.278. The standard InChI is InChI=1S/C22H16Cl2N2O3/c23-17-5-14(6-18(24)9-17)12-29-19-4-3-15(20(10-19)22(26)28)8-16-2-1-13(11-25)7-21(16)27/h1-7,9-10,27H,8,12H2,(H2,26,28). The van der Waals surface area contributed by atoms with Gasteiger partial charge in [-0.1, -0.05) is 35.3 Å². The molecule has 146 valence electrons. The number of amides is 1. The van der Waals surface area contributed by atoms with E-state index in [-0.39, 0.29) is 24.3 Å². The first-order valence-corrected chi connectivity index (χ1v) is 9.34. The summed E-state index contributed by atoms with van der Waals surface area (Å²) in [7, 11) is 0. The highest BCUT2D eigenvalue weighted by Gasteiger charge is 2.13. The third-order valence-electron chi connectivity index (χ3n) is 4.27. The number of hydrogen-bond acceptors (Lipinski definition) is 4. The summed E-state index contributed by atoms with van der Waals surface area (Å²) in [5.74, 6) is -0.162. The van der Waals surface area contributed by atoms with E-state index in [0.717, 1.165) is 5.56 Å². The molecule has 0 aliphatic rings. The van der Waals surface area contributed by atoms with Gasteiger partial charge in [-0.3, -0.25) is 4.79 Å². The van der Waals surface area contributed by atoms with Crippen LogP contribution in [0.4, 0.5) is 0 Å². The number of benzene rings is 3. The minimum Gasteiger partial charge on any atom is -0.508 e. The predicted molar refractivity (Wildman–Crippen MR) is 111 cm³/mol. The molecule has 0 unspecified atom stereocenters. The number of primary amides is 1. The summed E-state index contributed by atoms with van der Waals surface area (Å²) < 4.78 is 5.74. The van der Waals surface area contributed by atoms with Crippen LogP contribution in [0.5, 0.6) is 11.5 Å². The highest BCUT2D eigenvalue weighted by atomic mass is 35.5. The van der Waals surface area contributed by atoms with Gasteiger partial charge in [0.25, 0.3) is 0 Å². The molecule has 3 aromatic rings. The van der Waals surface area contributed by atoms with E-state index in [4.69, 9.17) is 38.9 Å². The van der Waals surface area contributed by atoms with Crippen molar-refractivity contribution in [2.45, 2.75) is 13.0 Å². The molecule has 0 fully saturated rings. The largest absolute Gasteiger partial charge is 0.508 e. The molecule has 29 heavy (non-hydrogen) atoms. The number of halogens is 2. The molecule has 5 nitrogen and oxygen atoms in total. The average Bonchev–Trinajstić information content (AvgIpc) is 2.67. The molecule has 0 radical (unpaired) electrons. The number of nitriles is 1. The molecule has 0 aliphatic carbocycles. The molecule has 0 spiro atoms. The van der Waals surface area contributed by atoms with Gasteiger partial charge in [0.2, 0.25) is 5.91 Å². The fraction of sp³-hybridized carbons (Fsp3) is 0.0909. The number of nitrogens with two attached hydrogens (primary N) is 1. The molecule has 0 aromatic heterocycles. The Morgan fingerprint density at radius 2 is 1.72 bits per heavy atom. The molecule has 3 N–H and O–H groups in total. The van der Waals surface area contributed by atoms with Crippen molar-refractivity contribution in [3.63, 3.8) is 0 Å². The van der Waals surface area contributed by atoms with Crippen LogP contribution in [-0.2, 0) is 13.0 Å². The Morgan fingerprint density at radius 1 is 1.03 bits per heavy atom. The van der Waals surface area contributed by atoms with Gasteiger partial charge in [0, 0.05) is 22.0 Å². The summed E-state index contributed by atoms with van der Waals surface area (Å²) in [6.45, 7) is 0.217. The van der Waals surface area contributed by atoms with Gasteiger partial charge in [-0.05, 0) is 59.2 Å². The Bertz CT molecular complexity index is 1100. The highest BCUT2D eigenvalue weighted by Crippen LogP contribution is 2.26. The van der Waals surface area contributed by atoms with Crippen LogP contribution in [0.3, 0.4) is 0 Å². The van der Waals surface area contributed by atoms with E-state index in [0.29, 0.717) is 32.5 Å². The quantitative estimate of drug-likeness (QED) is 0.589. The van der Waals surface area contributed by atoms with Crippen molar-refractivity contribution in [3.8, 4) is 17.6 Å². The molecular weight excluding hydrogens is 411 g/mol. The van der Waals surface area contributed by atoms with Gasteiger partial charge in [0.1, 0.15) is 18.1 Å². The highest BCUT2D eigenvalue weighted by molar-refractivity contribution is 6.34. The minimum atomic E-state index is -0.607. The van der Waals surface area contributed by atoms with Gasteiger partial charge in [0.05, 0.1) is 11.6 Å². The summed E-state index contributed by atoms with van der Waals surface area (Å²) in [5.41, 5.74) is 8.17. The lowest BCUT2D eigenvalue weighted by atomic mass is 9.97. The fourth-order valence-corrected chi connectivity index (χ4v) is 3.45. The van der Waals surface area contributed by atoms with Crippen LogP contribution >= 0.6 is 23.2 Å². The maximum atomic E-state index is 11.9. The van der Waals surface area contributed by atoms with Gasteiger partial charge in [-0.25, -0.2) is 0 Å².